The van der Waals surface area contributed by atoms with Crippen LogP contribution < -0.4 is 10.6 Å². The van der Waals surface area contributed by atoms with Crippen LogP contribution in [0.1, 0.15) is 38.2 Å². The summed E-state index contributed by atoms with van der Waals surface area (Å²) < 4.78 is 0. The maximum Gasteiger partial charge on any atom is 0.234 e. The van der Waals surface area contributed by atoms with Crippen LogP contribution in [0.15, 0.2) is 41.4 Å². The predicted molar refractivity (Wildman–Crippen MR) is 103 cm³/mol. The van der Waals surface area contributed by atoms with Crippen molar-refractivity contribution in [3.63, 3.8) is 0 Å². The van der Waals surface area contributed by atoms with Crippen molar-refractivity contribution in [2.45, 2.75) is 37.6 Å². The molecule has 0 radical (unpaired) electrons. The molecular formula is C19H22N4O2S. The number of benzene rings is 1. The number of anilines is 2. The first kappa shape index (κ1) is 18.4. The molecule has 1 fully saturated rings. The Kier molecular flexibility index (Phi) is 5.88. The molecule has 26 heavy (non-hydrogen) atoms. The lowest BCUT2D eigenvalue weighted by molar-refractivity contribution is -0.117. The Morgan fingerprint density at radius 2 is 1.81 bits per heavy atom. The van der Waals surface area contributed by atoms with E-state index in [1.807, 2.05) is 24.3 Å². The Morgan fingerprint density at radius 3 is 2.38 bits per heavy atom. The smallest absolute Gasteiger partial charge is 0.234 e. The van der Waals surface area contributed by atoms with Crippen LogP contribution in [0.2, 0.25) is 0 Å². The van der Waals surface area contributed by atoms with Crippen LogP contribution in [-0.4, -0.2) is 27.8 Å². The van der Waals surface area contributed by atoms with Crippen LogP contribution in [0.5, 0.6) is 0 Å². The molecule has 0 unspecified atom stereocenters. The molecule has 6 nitrogen and oxygen atoms in total. The third kappa shape index (κ3) is 5.29. The number of carbonyl (C=O) groups excluding carboxylic acids is 2. The van der Waals surface area contributed by atoms with Gasteiger partial charge in [-0.2, -0.15) is 0 Å². The van der Waals surface area contributed by atoms with Gasteiger partial charge in [-0.25, -0.2) is 0 Å². The van der Waals surface area contributed by atoms with Crippen molar-refractivity contribution in [1.82, 2.24) is 10.2 Å². The Morgan fingerprint density at radius 1 is 1.08 bits per heavy atom. The molecule has 3 rings (SSSR count). The van der Waals surface area contributed by atoms with Gasteiger partial charge < -0.3 is 10.6 Å². The lowest BCUT2D eigenvalue weighted by atomic mass is 10.0. The Bertz CT molecular complexity index is 771. The minimum atomic E-state index is -0.0970. The molecule has 2 aromatic rings. The van der Waals surface area contributed by atoms with Crippen LogP contribution in [-0.2, 0) is 9.59 Å². The molecule has 1 aromatic heterocycles. The highest BCUT2D eigenvalue weighted by Crippen LogP contribution is 2.30. The van der Waals surface area contributed by atoms with E-state index < -0.39 is 0 Å². The molecule has 2 N–H and O–H groups in total. The monoisotopic (exact) mass is 370 g/mol. The summed E-state index contributed by atoms with van der Waals surface area (Å²) in [6.07, 6.45) is 1.89. The molecule has 0 bridgehead atoms. The fourth-order valence-electron chi connectivity index (χ4n) is 2.33. The summed E-state index contributed by atoms with van der Waals surface area (Å²) in [7, 11) is 0. The number of amides is 2. The van der Waals surface area contributed by atoms with E-state index in [0.717, 1.165) is 18.5 Å². The second kappa shape index (κ2) is 8.31. The van der Waals surface area contributed by atoms with E-state index in [-0.39, 0.29) is 23.5 Å². The van der Waals surface area contributed by atoms with E-state index in [0.29, 0.717) is 16.8 Å². The molecule has 1 aliphatic rings. The van der Waals surface area contributed by atoms with Gasteiger partial charge in [0.15, 0.2) is 5.82 Å². The molecule has 0 aliphatic heterocycles. The average molecular weight is 370 g/mol. The molecule has 0 atom stereocenters. The minimum absolute atomic E-state index is 0.00238. The number of rotatable bonds is 7. The predicted octanol–water partition coefficient (Wildman–Crippen LogP) is 3.68. The van der Waals surface area contributed by atoms with Crippen molar-refractivity contribution in [1.29, 1.82) is 0 Å². The largest absolute Gasteiger partial charge is 0.325 e. The van der Waals surface area contributed by atoms with Crippen LogP contribution in [0, 0.1) is 5.92 Å². The van der Waals surface area contributed by atoms with Gasteiger partial charge in [-0.1, -0.05) is 37.7 Å². The molecule has 1 aromatic carbocycles. The second-order valence-corrected chi connectivity index (χ2v) is 7.63. The summed E-state index contributed by atoms with van der Waals surface area (Å²) in [4.78, 5) is 23.7. The van der Waals surface area contributed by atoms with Gasteiger partial charge in [0.05, 0.1) is 5.75 Å². The molecule has 1 aliphatic carbocycles. The van der Waals surface area contributed by atoms with Crippen LogP contribution >= 0.6 is 11.8 Å². The fourth-order valence-corrected chi connectivity index (χ4v) is 2.94. The summed E-state index contributed by atoms with van der Waals surface area (Å²) in [6.45, 7) is 4.27. The van der Waals surface area contributed by atoms with Crippen LogP contribution in [0.4, 0.5) is 11.5 Å². The molecule has 0 spiro atoms. The van der Waals surface area contributed by atoms with Gasteiger partial charge in [0.1, 0.15) is 5.03 Å². The molecular weight excluding hydrogens is 348 g/mol. The fraction of sp³-hybridized carbons (Fsp3) is 0.368. The van der Waals surface area contributed by atoms with E-state index in [4.69, 9.17) is 0 Å². The number of hydrogen-bond acceptors (Lipinski definition) is 5. The van der Waals surface area contributed by atoms with Crippen molar-refractivity contribution in [2.75, 3.05) is 16.4 Å². The van der Waals surface area contributed by atoms with Crippen molar-refractivity contribution in [2.24, 2.45) is 5.92 Å². The van der Waals surface area contributed by atoms with E-state index in [2.05, 4.69) is 34.7 Å². The zero-order valence-corrected chi connectivity index (χ0v) is 15.7. The van der Waals surface area contributed by atoms with Gasteiger partial charge in [-0.3, -0.25) is 9.59 Å². The summed E-state index contributed by atoms with van der Waals surface area (Å²) in [5, 5.41) is 14.3. The quantitative estimate of drug-likeness (QED) is 0.727. The van der Waals surface area contributed by atoms with E-state index in [1.54, 1.807) is 12.1 Å². The van der Waals surface area contributed by atoms with Gasteiger partial charge >= 0.3 is 0 Å². The molecule has 7 heteroatoms. The highest BCUT2D eigenvalue weighted by Gasteiger charge is 2.29. The third-order valence-electron chi connectivity index (χ3n) is 4.05. The van der Waals surface area contributed by atoms with Crippen LogP contribution in [0.25, 0.3) is 0 Å². The maximum absolute atomic E-state index is 12.1. The lowest BCUT2D eigenvalue weighted by Crippen LogP contribution is -2.15. The lowest BCUT2D eigenvalue weighted by Gasteiger charge is -2.08. The van der Waals surface area contributed by atoms with Gasteiger partial charge in [0.2, 0.25) is 11.8 Å². The number of thioether (sulfide) groups is 1. The first-order chi connectivity index (χ1) is 12.5. The third-order valence-corrected chi connectivity index (χ3v) is 4.97. The molecule has 2 amide bonds. The normalized spacial score (nSPS) is 13.5. The summed E-state index contributed by atoms with van der Waals surface area (Å²) >= 11 is 1.30. The van der Waals surface area contributed by atoms with Crippen molar-refractivity contribution in [3.05, 3.63) is 42.0 Å². The number of carbonyl (C=O) groups is 2. The molecule has 0 saturated heterocycles. The number of aromatic nitrogens is 2. The van der Waals surface area contributed by atoms with Crippen molar-refractivity contribution < 1.29 is 9.59 Å². The molecule has 1 heterocycles. The first-order valence-electron chi connectivity index (χ1n) is 8.68. The second-order valence-electron chi connectivity index (χ2n) is 6.63. The summed E-state index contributed by atoms with van der Waals surface area (Å²) in [5.74, 6) is 1.19. The zero-order valence-electron chi connectivity index (χ0n) is 14.9. The Labute approximate surface area is 157 Å². The topological polar surface area (TPSA) is 84.0 Å². The number of hydrogen-bond donors (Lipinski definition) is 2. The molecule has 136 valence electrons. The van der Waals surface area contributed by atoms with Gasteiger partial charge in [0.25, 0.3) is 0 Å². The standard InChI is InChI=1S/C19H22N4O2S/c1-12(2)13-5-7-15(8-6-13)20-17(24)11-26-18-10-9-16(22-23-18)21-19(25)14-3-4-14/h5-10,12,14H,3-4,11H2,1-2H3,(H,20,24)(H,21,22,25). The molecule has 1 saturated carbocycles. The first-order valence-corrected chi connectivity index (χ1v) is 9.67. The Hall–Kier alpha value is -2.41. The number of nitrogens with one attached hydrogen (secondary N) is 2. The van der Waals surface area contributed by atoms with Crippen molar-refractivity contribution >= 4 is 35.1 Å². The summed E-state index contributed by atoms with van der Waals surface area (Å²) in [5.41, 5.74) is 2.02. The van der Waals surface area contributed by atoms with E-state index in [9.17, 15) is 9.59 Å². The van der Waals surface area contributed by atoms with E-state index in [1.165, 1.54) is 17.3 Å². The van der Waals surface area contributed by atoms with Crippen molar-refractivity contribution in [3.8, 4) is 0 Å². The van der Waals surface area contributed by atoms with E-state index >= 15 is 0 Å². The zero-order chi connectivity index (χ0) is 18.5. The maximum atomic E-state index is 12.1. The SMILES string of the molecule is CC(C)c1ccc(NC(=O)CSc2ccc(NC(=O)C3CC3)nn2)cc1. The minimum Gasteiger partial charge on any atom is -0.325 e. The van der Waals surface area contributed by atoms with Gasteiger partial charge in [-0.15, -0.1) is 10.2 Å². The summed E-state index contributed by atoms with van der Waals surface area (Å²) in [6, 6.07) is 11.3. The average Bonchev–Trinajstić information content (AvgIpc) is 3.47. The number of nitrogens with zero attached hydrogens (tertiary/aromatic N) is 2. The van der Waals surface area contributed by atoms with Gasteiger partial charge in [-0.05, 0) is 48.6 Å². The highest BCUT2D eigenvalue weighted by molar-refractivity contribution is 7.99. The highest BCUT2D eigenvalue weighted by atomic mass is 32.2. The van der Waals surface area contributed by atoms with Gasteiger partial charge in [0, 0.05) is 11.6 Å². The Balaban J connectivity index is 1.45. The van der Waals surface area contributed by atoms with Crippen LogP contribution in [0.3, 0.4) is 0 Å².